The van der Waals surface area contributed by atoms with Gasteiger partial charge in [-0.3, -0.25) is 4.89 Å². The highest BCUT2D eigenvalue weighted by atomic mass is 17.5. The summed E-state index contributed by atoms with van der Waals surface area (Å²) in [5.41, 5.74) is -0.676. The first-order valence-electron chi connectivity index (χ1n) is 2.49. The molecule has 0 aromatic rings. The van der Waals surface area contributed by atoms with E-state index in [4.69, 9.17) is 0 Å². The topological polar surface area (TPSA) is 55.4 Å². The van der Waals surface area contributed by atoms with Crippen LogP contribution in [-0.4, -0.2) is 5.97 Å². The van der Waals surface area contributed by atoms with Crippen LogP contribution in [0, 0.1) is 5.41 Å². The second-order valence-electron chi connectivity index (χ2n) is 2.69. The van der Waals surface area contributed by atoms with Gasteiger partial charge in [0, 0.05) is 10.3 Å². The summed E-state index contributed by atoms with van der Waals surface area (Å²) in [6.07, 6.45) is 0. The molecule has 0 saturated heterocycles. The Morgan fingerprint density at radius 3 is 1.89 bits per heavy atom. The molecule has 0 aliphatic rings. The zero-order valence-electron chi connectivity index (χ0n) is 5.63. The molecular weight excluding hydrogens is 124 g/mol. The zero-order chi connectivity index (χ0) is 7.49. The van der Waals surface area contributed by atoms with Crippen molar-refractivity contribution in [2.75, 3.05) is 0 Å². The van der Waals surface area contributed by atoms with E-state index in [-0.39, 0.29) is 0 Å². The van der Waals surface area contributed by atoms with Crippen LogP contribution >= 0.6 is 0 Å². The van der Waals surface area contributed by atoms with E-state index in [9.17, 15) is 10.1 Å². The maximum absolute atomic E-state index is 10.5. The molecule has 4 heteroatoms. The van der Waals surface area contributed by atoms with Gasteiger partial charge < -0.3 is 0 Å². The Kier molecular flexibility index (Phi) is 2.61. The quantitative estimate of drug-likeness (QED) is 0.393. The average molecular weight is 133 g/mol. The minimum absolute atomic E-state index is 0.669. The van der Waals surface area contributed by atoms with Crippen molar-refractivity contribution in [1.29, 1.82) is 0 Å². The van der Waals surface area contributed by atoms with Crippen molar-refractivity contribution in [3.8, 4) is 0 Å². The van der Waals surface area contributed by atoms with Crippen LogP contribution in [0.4, 0.5) is 0 Å². The molecule has 0 aromatic heterocycles. The highest BCUT2D eigenvalue weighted by molar-refractivity contribution is 5.74. The molecule has 0 rings (SSSR count). The van der Waals surface area contributed by atoms with Crippen LogP contribution in [0.1, 0.15) is 20.8 Å². The van der Waals surface area contributed by atoms with Crippen molar-refractivity contribution in [3.05, 3.63) is 0 Å². The van der Waals surface area contributed by atoms with Gasteiger partial charge in [-0.05, 0) is 20.8 Å². The van der Waals surface area contributed by atoms with E-state index in [1.54, 1.807) is 20.8 Å². The molecule has 0 amide bonds. The summed E-state index contributed by atoms with van der Waals surface area (Å²) >= 11 is 0. The first-order valence-corrected chi connectivity index (χ1v) is 2.49. The van der Waals surface area contributed by atoms with E-state index in [1.165, 1.54) is 0 Å². The molecule has 9 heavy (non-hydrogen) atoms. The lowest BCUT2D eigenvalue weighted by molar-refractivity contribution is -0.502. The van der Waals surface area contributed by atoms with E-state index in [2.05, 4.69) is 9.93 Å². The van der Waals surface area contributed by atoms with E-state index in [0.29, 0.717) is 0 Å². The number of carbonyl (C=O) groups is 1. The Labute approximate surface area is 53.2 Å². The molecule has 0 unspecified atom stereocenters. The Balaban J connectivity index is 3.74. The average Bonchev–Trinajstić information content (AvgIpc) is 1.64. The van der Waals surface area contributed by atoms with Gasteiger partial charge in [0.25, 0.3) is 0 Å². The standard InChI is InChI=1S/C5H9O4/c1-5(2,3)4(6)8-9-7/h1-3H3. The molecule has 0 bridgehead atoms. The van der Waals surface area contributed by atoms with Crippen LogP contribution in [0.2, 0.25) is 0 Å². The van der Waals surface area contributed by atoms with Crippen molar-refractivity contribution in [2.45, 2.75) is 20.8 Å². The smallest absolute Gasteiger partial charge is 0.266 e. The third-order valence-electron chi connectivity index (χ3n) is 0.722. The van der Waals surface area contributed by atoms with Gasteiger partial charge in [0.05, 0.1) is 5.41 Å². The maximum Gasteiger partial charge on any atom is 0.350 e. The van der Waals surface area contributed by atoms with Gasteiger partial charge in [-0.2, -0.15) is 0 Å². The molecule has 1 radical (unpaired) electrons. The SMILES string of the molecule is CC(C)(C)C(=O)OO[O]. The normalized spacial score (nSPS) is 11.1. The molecule has 0 heterocycles. The molecule has 0 aliphatic heterocycles. The maximum atomic E-state index is 10.5. The molecule has 4 nitrogen and oxygen atoms in total. The number of hydrogen-bond acceptors (Lipinski definition) is 3. The Morgan fingerprint density at radius 2 is 1.78 bits per heavy atom. The molecule has 0 N–H and O–H groups in total. The summed E-state index contributed by atoms with van der Waals surface area (Å²) in [7, 11) is 0. The van der Waals surface area contributed by atoms with Gasteiger partial charge in [-0.15, -0.1) is 0 Å². The second kappa shape index (κ2) is 2.80. The number of carbonyl (C=O) groups excluding carboxylic acids is 1. The Hall–Kier alpha value is -0.610. The van der Waals surface area contributed by atoms with Crippen molar-refractivity contribution in [3.63, 3.8) is 0 Å². The molecule has 0 atom stereocenters. The van der Waals surface area contributed by atoms with Gasteiger partial charge in [0.15, 0.2) is 0 Å². The second-order valence-corrected chi connectivity index (χ2v) is 2.69. The fraction of sp³-hybridized carbons (Fsp3) is 0.800. The lowest BCUT2D eigenvalue weighted by atomic mass is 9.98. The van der Waals surface area contributed by atoms with Crippen LogP contribution in [0.15, 0.2) is 0 Å². The van der Waals surface area contributed by atoms with Gasteiger partial charge in [0.2, 0.25) is 0 Å². The van der Waals surface area contributed by atoms with Crippen LogP contribution in [0.5, 0.6) is 0 Å². The summed E-state index contributed by atoms with van der Waals surface area (Å²) in [5.74, 6) is -0.669. The van der Waals surface area contributed by atoms with E-state index in [1.807, 2.05) is 0 Å². The van der Waals surface area contributed by atoms with E-state index < -0.39 is 11.4 Å². The highest BCUT2D eigenvalue weighted by Gasteiger charge is 2.24. The Morgan fingerprint density at radius 1 is 1.33 bits per heavy atom. The predicted molar refractivity (Wildman–Crippen MR) is 27.3 cm³/mol. The summed E-state index contributed by atoms with van der Waals surface area (Å²) in [4.78, 5) is 14.2. The van der Waals surface area contributed by atoms with Crippen LogP contribution in [0.25, 0.3) is 0 Å². The summed E-state index contributed by atoms with van der Waals surface area (Å²) < 4.78 is 0. The van der Waals surface area contributed by atoms with Gasteiger partial charge in [-0.1, -0.05) is 0 Å². The molecule has 0 aliphatic carbocycles. The van der Waals surface area contributed by atoms with Crippen LogP contribution in [0.3, 0.4) is 0 Å². The lowest BCUT2D eigenvalue weighted by Crippen LogP contribution is -2.22. The lowest BCUT2D eigenvalue weighted by Gasteiger charge is -2.11. The molecule has 0 aromatic carbocycles. The molecule has 0 fully saturated rings. The fourth-order valence-electron chi connectivity index (χ4n) is 0.156. The molecule has 0 saturated carbocycles. The minimum Gasteiger partial charge on any atom is -0.266 e. The van der Waals surface area contributed by atoms with Crippen molar-refractivity contribution >= 4 is 5.97 Å². The highest BCUT2D eigenvalue weighted by Crippen LogP contribution is 2.14. The van der Waals surface area contributed by atoms with Crippen molar-refractivity contribution in [2.24, 2.45) is 5.41 Å². The van der Waals surface area contributed by atoms with E-state index in [0.717, 1.165) is 0 Å². The number of rotatable bonds is 1. The van der Waals surface area contributed by atoms with Crippen molar-refractivity contribution in [1.82, 2.24) is 0 Å². The summed E-state index contributed by atoms with van der Waals surface area (Å²) in [5, 5.41) is 12.2. The third kappa shape index (κ3) is 3.05. The van der Waals surface area contributed by atoms with E-state index >= 15 is 0 Å². The monoisotopic (exact) mass is 133 g/mol. The third-order valence-corrected chi connectivity index (χ3v) is 0.722. The summed E-state index contributed by atoms with van der Waals surface area (Å²) in [6.45, 7) is 4.86. The van der Waals surface area contributed by atoms with Gasteiger partial charge >= 0.3 is 5.97 Å². The largest absolute Gasteiger partial charge is 0.350 e. The molecule has 0 spiro atoms. The first kappa shape index (κ1) is 8.39. The fourth-order valence-corrected chi connectivity index (χ4v) is 0.156. The first-order chi connectivity index (χ1) is 3.98. The van der Waals surface area contributed by atoms with Crippen LogP contribution in [-0.2, 0) is 20.0 Å². The molecular formula is C5H9O4. The van der Waals surface area contributed by atoms with Crippen LogP contribution < -0.4 is 0 Å². The zero-order valence-corrected chi connectivity index (χ0v) is 5.63. The minimum atomic E-state index is -0.676. The van der Waals surface area contributed by atoms with Gasteiger partial charge in [-0.25, -0.2) is 4.79 Å². The Bertz CT molecular complexity index is 102. The number of hydrogen-bond donors (Lipinski definition) is 0. The predicted octanol–water partition coefficient (Wildman–Crippen LogP) is 0.853. The molecule has 53 valence electrons. The summed E-state index contributed by atoms with van der Waals surface area (Å²) in [6, 6.07) is 0. The van der Waals surface area contributed by atoms with Crippen molar-refractivity contribution < 1.29 is 20.0 Å². The van der Waals surface area contributed by atoms with Gasteiger partial charge in [0.1, 0.15) is 0 Å².